The van der Waals surface area contributed by atoms with Gasteiger partial charge in [0, 0.05) is 20.0 Å². The van der Waals surface area contributed by atoms with Crippen molar-refractivity contribution in [2.75, 3.05) is 19.3 Å². The van der Waals surface area contributed by atoms with Crippen molar-refractivity contribution in [3.63, 3.8) is 0 Å². The Morgan fingerprint density at radius 1 is 0.750 bits per heavy atom. The Morgan fingerprint density at radius 2 is 1.11 bits per heavy atom. The molecule has 0 saturated heterocycles. The SMILES string of the molecule is CCCCCCCCCCCCCCCCCC(=O)N(C)CCS(=O)(=O)O.[NaH]. The minimum atomic E-state index is -4.00. The van der Waals surface area contributed by atoms with Crippen molar-refractivity contribution in [2.24, 2.45) is 0 Å². The van der Waals surface area contributed by atoms with Gasteiger partial charge in [-0.25, -0.2) is 0 Å². The summed E-state index contributed by atoms with van der Waals surface area (Å²) >= 11 is 0. The predicted molar refractivity (Wildman–Crippen MR) is 121 cm³/mol. The molecule has 0 bridgehead atoms. The van der Waals surface area contributed by atoms with E-state index in [1.54, 1.807) is 7.05 Å². The van der Waals surface area contributed by atoms with Gasteiger partial charge in [0.25, 0.3) is 10.1 Å². The van der Waals surface area contributed by atoms with Gasteiger partial charge >= 0.3 is 29.6 Å². The van der Waals surface area contributed by atoms with Crippen LogP contribution >= 0.6 is 0 Å². The van der Waals surface area contributed by atoms with Crippen LogP contribution in [0.1, 0.15) is 110 Å². The normalized spacial score (nSPS) is 11.2. The fourth-order valence-corrected chi connectivity index (χ4v) is 3.72. The Labute approximate surface area is 196 Å². The van der Waals surface area contributed by atoms with Crippen LogP contribution in [0.25, 0.3) is 0 Å². The molecule has 0 radical (unpaired) electrons. The van der Waals surface area contributed by atoms with Crippen LogP contribution in [-0.4, -0.2) is 72.7 Å². The van der Waals surface area contributed by atoms with Crippen molar-refractivity contribution < 1.29 is 17.8 Å². The maximum absolute atomic E-state index is 11.8. The van der Waals surface area contributed by atoms with Crippen LogP contribution in [0.4, 0.5) is 0 Å². The molecule has 0 aromatic heterocycles. The number of rotatable bonds is 19. The molecule has 28 heavy (non-hydrogen) atoms. The molecule has 0 spiro atoms. The van der Waals surface area contributed by atoms with Crippen molar-refractivity contribution in [1.29, 1.82) is 0 Å². The van der Waals surface area contributed by atoms with Gasteiger partial charge in [-0.2, -0.15) is 8.42 Å². The molecule has 0 atom stereocenters. The monoisotopic (exact) mass is 429 g/mol. The van der Waals surface area contributed by atoms with E-state index in [-0.39, 0.29) is 42.0 Å². The van der Waals surface area contributed by atoms with Gasteiger partial charge < -0.3 is 4.90 Å². The van der Waals surface area contributed by atoms with E-state index in [1.807, 2.05) is 0 Å². The molecule has 5 nitrogen and oxygen atoms in total. The Morgan fingerprint density at radius 3 is 1.46 bits per heavy atom. The number of hydrogen-bond donors (Lipinski definition) is 1. The number of amides is 1. The first-order chi connectivity index (χ1) is 12.9. The van der Waals surface area contributed by atoms with Gasteiger partial charge in [0.2, 0.25) is 5.91 Å². The fourth-order valence-electron chi connectivity index (χ4n) is 3.22. The van der Waals surface area contributed by atoms with Crippen molar-refractivity contribution in [2.45, 2.75) is 110 Å². The molecule has 0 aliphatic rings. The van der Waals surface area contributed by atoms with Gasteiger partial charge in [-0.3, -0.25) is 9.35 Å². The molecule has 0 heterocycles. The van der Waals surface area contributed by atoms with Gasteiger partial charge in [0.1, 0.15) is 0 Å². The van der Waals surface area contributed by atoms with E-state index in [2.05, 4.69) is 6.92 Å². The first-order valence-corrected chi connectivity index (χ1v) is 12.7. The summed E-state index contributed by atoms with van der Waals surface area (Å²) in [4.78, 5) is 13.2. The third kappa shape index (κ3) is 22.7. The summed E-state index contributed by atoms with van der Waals surface area (Å²) < 4.78 is 30.1. The molecule has 0 aromatic rings. The first kappa shape index (κ1) is 30.6. The maximum atomic E-state index is 11.8. The molecular weight excluding hydrogens is 385 g/mol. The van der Waals surface area contributed by atoms with E-state index >= 15 is 0 Å². The van der Waals surface area contributed by atoms with E-state index in [4.69, 9.17) is 4.55 Å². The standard InChI is InChI=1S/C21H43NO4S.Na.H/c1-3-4-5-6-7-8-9-10-11-12-13-14-15-16-17-18-21(23)22(2)19-20-27(24,25)26;;/h3-20H2,1-2H3,(H,24,25,26);;. The zero-order chi connectivity index (χ0) is 20.4. The van der Waals surface area contributed by atoms with Crippen LogP contribution in [0.15, 0.2) is 0 Å². The van der Waals surface area contributed by atoms with E-state index in [9.17, 15) is 13.2 Å². The second-order valence-corrected chi connectivity index (χ2v) is 9.37. The molecule has 0 aliphatic heterocycles. The van der Waals surface area contributed by atoms with Crippen LogP contribution in [0.5, 0.6) is 0 Å². The number of hydrogen-bond acceptors (Lipinski definition) is 3. The molecular formula is C21H44NNaO4S. The Kier molecular flexibility index (Phi) is 22.5. The summed E-state index contributed by atoms with van der Waals surface area (Å²) in [6.45, 7) is 2.31. The molecule has 7 heteroatoms. The van der Waals surface area contributed by atoms with Crippen molar-refractivity contribution in [3.05, 3.63) is 0 Å². The van der Waals surface area contributed by atoms with E-state index < -0.39 is 15.9 Å². The molecule has 0 fully saturated rings. The van der Waals surface area contributed by atoms with Crippen molar-refractivity contribution in [1.82, 2.24) is 4.90 Å². The average molecular weight is 430 g/mol. The summed E-state index contributed by atoms with van der Waals surface area (Å²) in [5.74, 6) is -0.443. The summed E-state index contributed by atoms with van der Waals surface area (Å²) in [5, 5.41) is 0. The van der Waals surface area contributed by atoms with Crippen LogP contribution in [0, 0.1) is 0 Å². The topological polar surface area (TPSA) is 74.7 Å². The van der Waals surface area contributed by atoms with Crippen molar-refractivity contribution in [3.8, 4) is 0 Å². The molecule has 0 rings (SSSR count). The zero-order valence-corrected chi connectivity index (χ0v) is 18.6. The summed E-state index contributed by atoms with van der Waals surface area (Å²) in [6, 6.07) is 0. The summed E-state index contributed by atoms with van der Waals surface area (Å²) in [6.07, 6.45) is 19.8. The van der Waals surface area contributed by atoms with Crippen molar-refractivity contribution >= 4 is 45.6 Å². The number of unbranched alkanes of at least 4 members (excludes halogenated alkanes) is 14. The third-order valence-electron chi connectivity index (χ3n) is 5.10. The zero-order valence-electron chi connectivity index (χ0n) is 17.8. The fraction of sp³-hybridized carbons (Fsp3) is 0.952. The average Bonchev–Trinajstić information content (AvgIpc) is 2.62. The van der Waals surface area contributed by atoms with Gasteiger partial charge in [-0.15, -0.1) is 0 Å². The minimum absolute atomic E-state index is 0. The second kappa shape index (κ2) is 20.6. The summed E-state index contributed by atoms with van der Waals surface area (Å²) in [5.41, 5.74) is 0. The van der Waals surface area contributed by atoms with Gasteiger partial charge in [-0.05, 0) is 6.42 Å². The molecule has 164 valence electrons. The first-order valence-electron chi connectivity index (χ1n) is 11.1. The van der Waals surface area contributed by atoms with E-state index in [0.29, 0.717) is 6.42 Å². The van der Waals surface area contributed by atoms with Gasteiger partial charge in [0.15, 0.2) is 0 Å². The number of carbonyl (C=O) groups is 1. The molecule has 1 amide bonds. The Hall–Kier alpha value is 0.380. The number of carbonyl (C=O) groups excluding carboxylic acids is 1. The predicted octanol–water partition coefficient (Wildman–Crippen LogP) is 4.95. The van der Waals surface area contributed by atoms with E-state index in [1.165, 1.54) is 88.4 Å². The van der Waals surface area contributed by atoms with Crippen LogP contribution in [0.2, 0.25) is 0 Å². The summed E-state index contributed by atoms with van der Waals surface area (Å²) in [7, 11) is -2.42. The molecule has 0 saturated carbocycles. The number of nitrogens with zero attached hydrogens (tertiary/aromatic N) is 1. The van der Waals surface area contributed by atoms with Gasteiger partial charge in [-0.1, -0.05) is 96.8 Å². The second-order valence-electron chi connectivity index (χ2n) is 7.80. The van der Waals surface area contributed by atoms with Crippen LogP contribution in [0.3, 0.4) is 0 Å². The Bertz CT molecular complexity index is 457. The molecule has 1 N–H and O–H groups in total. The third-order valence-corrected chi connectivity index (χ3v) is 5.80. The van der Waals surface area contributed by atoms with Crippen LogP contribution in [-0.2, 0) is 14.9 Å². The van der Waals surface area contributed by atoms with Gasteiger partial charge in [0.05, 0.1) is 5.75 Å². The quantitative estimate of drug-likeness (QED) is 0.179. The van der Waals surface area contributed by atoms with E-state index in [0.717, 1.165) is 12.8 Å². The molecule has 0 unspecified atom stereocenters. The molecule has 0 aliphatic carbocycles. The Balaban J connectivity index is 0. The van der Waals surface area contributed by atoms with Crippen LogP contribution < -0.4 is 0 Å². The molecule has 0 aromatic carbocycles.